The number of aliphatic hydroxyl groups excluding tert-OH is 2. The second kappa shape index (κ2) is 6.59. The summed E-state index contributed by atoms with van der Waals surface area (Å²) in [6, 6.07) is 0. The van der Waals surface area contributed by atoms with Gasteiger partial charge in [0.2, 0.25) is 5.91 Å². The number of phosphoric acid groups is 1. The zero-order valence-electron chi connectivity index (χ0n) is 10.1. The predicted octanol–water partition coefficient (Wildman–Crippen LogP) is -3.81. The Bertz CT molecular complexity index is 424. The van der Waals surface area contributed by atoms with Crippen LogP contribution in [0.5, 0.6) is 0 Å². The number of ether oxygens (including phenoxy) is 1. The Morgan fingerprint density at radius 2 is 2.00 bits per heavy atom. The molecule has 0 spiro atoms. The van der Waals surface area contributed by atoms with Gasteiger partial charge >= 0.3 is 7.82 Å². The van der Waals surface area contributed by atoms with Crippen LogP contribution in [0, 0.1) is 0 Å². The third kappa shape index (κ3) is 4.49. The Hall–Kier alpha value is -1.07. The van der Waals surface area contributed by atoms with E-state index < -0.39 is 57.2 Å². The van der Waals surface area contributed by atoms with Gasteiger partial charge in [-0.05, 0) is 0 Å². The van der Waals surface area contributed by atoms with Crippen molar-refractivity contribution in [1.29, 1.82) is 0 Å². The van der Waals surface area contributed by atoms with Crippen LogP contribution in [0.15, 0.2) is 0 Å². The van der Waals surface area contributed by atoms with Crippen molar-refractivity contribution in [2.75, 3.05) is 13.2 Å². The lowest BCUT2D eigenvalue weighted by atomic mass is 10.1. The number of rotatable bonds is 6. The number of hydrogen-bond donors (Lipinski definition) is 6. The van der Waals surface area contributed by atoms with Crippen LogP contribution < -0.4 is 11.1 Å². The molecule has 7 N–H and O–H groups in total. The number of nitrogens with two attached hydrogens (primary N) is 1. The number of hydrogen-bond acceptors (Lipinski definition) is 7. The van der Waals surface area contributed by atoms with E-state index in [1.54, 1.807) is 0 Å². The molecule has 0 radical (unpaired) electrons. The molecule has 11 nitrogen and oxygen atoms in total. The predicted molar refractivity (Wildman–Crippen MR) is 60.9 cm³/mol. The van der Waals surface area contributed by atoms with E-state index in [1.807, 2.05) is 5.32 Å². The molecule has 0 aliphatic carbocycles. The fourth-order valence-electron chi connectivity index (χ4n) is 1.65. The number of aliphatic hydroxyl groups is 2. The number of amides is 2. The van der Waals surface area contributed by atoms with Crippen LogP contribution in [0.1, 0.15) is 0 Å². The maximum Gasteiger partial charge on any atom is 0.470 e. The molecule has 0 bridgehead atoms. The van der Waals surface area contributed by atoms with Gasteiger partial charge in [0.1, 0.15) is 18.3 Å². The largest absolute Gasteiger partial charge is 0.470 e. The molecule has 20 heavy (non-hydrogen) atoms. The minimum atomic E-state index is -5.00. The van der Waals surface area contributed by atoms with E-state index in [0.717, 1.165) is 0 Å². The summed E-state index contributed by atoms with van der Waals surface area (Å²) >= 11 is 0. The average Bonchev–Trinajstić information content (AvgIpc) is 2.62. The molecule has 0 saturated carbocycles. The van der Waals surface area contributed by atoms with Crippen molar-refractivity contribution >= 4 is 19.6 Å². The Morgan fingerprint density at radius 1 is 1.40 bits per heavy atom. The highest BCUT2D eigenvalue weighted by Crippen LogP contribution is 2.41. The van der Waals surface area contributed by atoms with Crippen LogP contribution >= 0.6 is 7.82 Å². The third-order valence-corrected chi connectivity index (χ3v) is 2.99. The van der Waals surface area contributed by atoms with Crippen LogP contribution in [0.4, 0.5) is 0 Å². The smallest absolute Gasteiger partial charge is 0.394 e. The van der Waals surface area contributed by atoms with Crippen molar-refractivity contribution in [2.24, 2.45) is 5.73 Å². The molecule has 1 rings (SSSR count). The molecular formula is C8H15N2O9P. The summed E-state index contributed by atoms with van der Waals surface area (Å²) in [4.78, 5) is 39.7. The molecule has 0 aromatic rings. The summed E-state index contributed by atoms with van der Waals surface area (Å²) in [6.45, 7) is -1.22. The quantitative estimate of drug-likeness (QED) is 0.267. The minimum absolute atomic E-state index is 0.527. The highest BCUT2D eigenvalue weighted by Gasteiger charge is 2.50. The first-order valence-electron chi connectivity index (χ1n) is 5.40. The van der Waals surface area contributed by atoms with Gasteiger partial charge in [-0.15, -0.1) is 0 Å². The maximum absolute atomic E-state index is 11.7. The Kier molecular flexibility index (Phi) is 5.59. The second-order valence-electron chi connectivity index (χ2n) is 4.01. The van der Waals surface area contributed by atoms with Crippen LogP contribution in [0.3, 0.4) is 0 Å². The zero-order chi connectivity index (χ0) is 15.5. The fourth-order valence-corrected chi connectivity index (χ4v) is 2.20. The minimum Gasteiger partial charge on any atom is -0.394 e. The van der Waals surface area contributed by atoms with Gasteiger partial charge in [0.05, 0.1) is 13.2 Å². The van der Waals surface area contributed by atoms with E-state index in [1.165, 1.54) is 0 Å². The van der Waals surface area contributed by atoms with Gasteiger partial charge in [-0.25, -0.2) is 4.57 Å². The van der Waals surface area contributed by atoms with Gasteiger partial charge in [-0.2, -0.15) is 0 Å². The molecule has 1 fully saturated rings. The SMILES string of the molecule is NC(=O)CNC(=O)C1O[C@H](CO)[C@@H](O)[C@H]1OP(=O)(O)O. The van der Waals surface area contributed by atoms with Crippen molar-refractivity contribution in [3.8, 4) is 0 Å². The third-order valence-electron chi connectivity index (χ3n) is 2.47. The zero-order valence-corrected chi connectivity index (χ0v) is 11.0. The molecule has 1 aliphatic heterocycles. The summed E-state index contributed by atoms with van der Waals surface area (Å²) in [5.41, 5.74) is 4.82. The van der Waals surface area contributed by atoms with Gasteiger partial charge < -0.3 is 35.8 Å². The van der Waals surface area contributed by atoms with E-state index in [4.69, 9.17) is 25.4 Å². The first-order valence-corrected chi connectivity index (χ1v) is 6.93. The number of carbonyl (C=O) groups excluding carboxylic acids is 2. The fraction of sp³-hybridized carbons (Fsp3) is 0.750. The van der Waals surface area contributed by atoms with E-state index >= 15 is 0 Å². The highest BCUT2D eigenvalue weighted by molar-refractivity contribution is 7.46. The number of nitrogens with one attached hydrogen (secondary N) is 1. The van der Waals surface area contributed by atoms with Gasteiger partial charge in [-0.3, -0.25) is 14.1 Å². The van der Waals surface area contributed by atoms with Crippen molar-refractivity contribution in [3.05, 3.63) is 0 Å². The molecule has 1 heterocycles. The molecule has 1 aliphatic rings. The van der Waals surface area contributed by atoms with E-state index in [0.29, 0.717) is 0 Å². The average molecular weight is 314 g/mol. The van der Waals surface area contributed by atoms with Gasteiger partial charge in [0.25, 0.3) is 5.91 Å². The van der Waals surface area contributed by atoms with Crippen molar-refractivity contribution in [2.45, 2.75) is 24.4 Å². The van der Waals surface area contributed by atoms with Gasteiger partial charge in [-0.1, -0.05) is 0 Å². The molecule has 2 amide bonds. The molecule has 116 valence electrons. The molecule has 12 heteroatoms. The van der Waals surface area contributed by atoms with Crippen LogP contribution in [0.2, 0.25) is 0 Å². The number of carbonyl (C=O) groups is 2. The first-order chi connectivity index (χ1) is 9.15. The summed E-state index contributed by atoms with van der Waals surface area (Å²) < 4.78 is 20.0. The van der Waals surface area contributed by atoms with Crippen molar-refractivity contribution in [1.82, 2.24) is 5.32 Å². The summed E-state index contributed by atoms with van der Waals surface area (Å²) in [7, 11) is -5.00. The van der Waals surface area contributed by atoms with Crippen LogP contribution in [-0.4, -0.2) is 69.4 Å². The van der Waals surface area contributed by atoms with Crippen molar-refractivity contribution < 1.29 is 43.4 Å². The monoisotopic (exact) mass is 314 g/mol. The lowest BCUT2D eigenvalue weighted by Crippen LogP contribution is -2.46. The van der Waals surface area contributed by atoms with Crippen molar-refractivity contribution in [3.63, 3.8) is 0 Å². The molecule has 1 saturated heterocycles. The summed E-state index contributed by atoms with van der Waals surface area (Å²) in [5, 5.41) is 20.7. The van der Waals surface area contributed by atoms with Gasteiger partial charge in [0, 0.05) is 0 Å². The van der Waals surface area contributed by atoms with Crippen LogP contribution in [-0.2, 0) is 23.4 Å². The first kappa shape index (κ1) is 17.0. The van der Waals surface area contributed by atoms with Gasteiger partial charge in [0.15, 0.2) is 6.10 Å². The Labute approximate surface area is 112 Å². The van der Waals surface area contributed by atoms with Crippen LogP contribution in [0.25, 0.3) is 0 Å². The maximum atomic E-state index is 11.7. The highest BCUT2D eigenvalue weighted by atomic mass is 31.2. The number of primary amides is 1. The standard InChI is InChI=1S/C8H15N2O9P/c9-4(12)1-10-8(14)7-6(19-20(15,16)17)5(13)3(2-11)18-7/h3,5-7,11,13H,1-2H2,(H2,9,12)(H,10,14)(H2,15,16,17)/t3-,5-,6-,7?/m1/s1. The number of phosphoric ester groups is 1. The Morgan fingerprint density at radius 3 is 2.45 bits per heavy atom. The van der Waals surface area contributed by atoms with E-state index in [2.05, 4.69) is 4.52 Å². The second-order valence-corrected chi connectivity index (χ2v) is 5.20. The molecule has 0 aromatic heterocycles. The Balaban J connectivity index is 2.81. The van der Waals surface area contributed by atoms with E-state index in [9.17, 15) is 19.3 Å². The molecule has 0 aromatic carbocycles. The normalized spacial score (nSPS) is 30.2. The summed E-state index contributed by atoms with van der Waals surface area (Å²) in [5.74, 6) is -1.81. The lowest BCUT2D eigenvalue weighted by Gasteiger charge is -2.20. The lowest BCUT2D eigenvalue weighted by molar-refractivity contribution is -0.137. The van der Waals surface area contributed by atoms with E-state index in [-0.39, 0.29) is 0 Å². The molecule has 4 atom stereocenters. The topological polar surface area (TPSA) is 189 Å². The summed E-state index contributed by atoms with van der Waals surface area (Å²) in [6.07, 6.45) is -6.18. The molecule has 1 unspecified atom stereocenters. The molecular weight excluding hydrogens is 299 g/mol.